The smallest absolute Gasteiger partial charge is 0.247 e. The van der Waals surface area contributed by atoms with E-state index >= 15 is 0 Å². The molecule has 2 heterocycles. The lowest BCUT2D eigenvalue weighted by Crippen LogP contribution is -2.31. The van der Waals surface area contributed by atoms with Gasteiger partial charge in [-0.1, -0.05) is 11.8 Å². The number of H-pyrrole nitrogens is 1. The Labute approximate surface area is 136 Å². The Balaban J connectivity index is 1.88. The zero-order valence-corrected chi connectivity index (χ0v) is 13.3. The van der Waals surface area contributed by atoms with Crippen molar-refractivity contribution in [1.29, 1.82) is 0 Å². The summed E-state index contributed by atoms with van der Waals surface area (Å²) < 4.78 is 10.4. The molecule has 1 atom stereocenters. The van der Waals surface area contributed by atoms with Gasteiger partial charge in [0.2, 0.25) is 11.8 Å². The number of nitrogens with one attached hydrogen (secondary N) is 1. The summed E-state index contributed by atoms with van der Waals surface area (Å²) in [5.74, 6) is 0.437. The fourth-order valence-corrected chi connectivity index (χ4v) is 3.19. The molecule has 2 amide bonds. The highest BCUT2D eigenvalue weighted by Gasteiger charge is 2.41. The van der Waals surface area contributed by atoms with Crippen LogP contribution in [0.25, 0.3) is 0 Å². The van der Waals surface area contributed by atoms with Crippen molar-refractivity contribution in [3.8, 4) is 11.5 Å². The van der Waals surface area contributed by atoms with Crippen molar-refractivity contribution in [2.24, 2.45) is 0 Å². The summed E-state index contributed by atoms with van der Waals surface area (Å²) in [6.45, 7) is 0. The summed E-state index contributed by atoms with van der Waals surface area (Å²) in [5.41, 5.74) is 0.428. The predicted molar refractivity (Wildman–Crippen MR) is 82.7 cm³/mol. The fourth-order valence-electron chi connectivity index (χ4n) is 2.27. The van der Waals surface area contributed by atoms with E-state index in [-0.39, 0.29) is 18.2 Å². The molecular weight excluding hydrogens is 320 g/mol. The summed E-state index contributed by atoms with van der Waals surface area (Å²) >= 11 is 1.18. The minimum Gasteiger partial charge on any atom is -0.497 e. The van der Waals surface area contributed by atoms with E-state index in [0.717, 1.165) is 4.90 Å². The third kappa shape index (κ3) is 3.00. The minimum atomic E-state index is -0.535. The maximum absolute atomic E-state index is 12.6. The highest BCUT2D eigenvalue weighted by molar-refractivity contribution is 8.00. The second-order valence-corrected chi connectivity index (χ2v) is 5.93. The van der Waals surface area contributed by atoms with Gasteiger partial charge in [0.25, 0.3) is 0 Å². The number of ether oxygens (including phenoxy) is 2. The van der Waals surface area contributed by atoms with Crippen LogP contribution in [0.1, 0.15) is 6.42 Å². The van der Waals surface area contributed by atoms with Crippen LogP contribution in [0.3, 0.4) is 0 Å². The molecule has 1 fully saturated rings. The lowest BCUT2D eigenvalue weighted by Gasteiger charge is -2.16. The second-order valence-electron chi connectivity index (χ2n) is 4.74. The molecule has 3 rings (SSSR count). The first-order chi connectivity index (χ1) is 11.1. The molecule has 0 spiro atoms. The molecule has 23 heavy (non-hydrogen) atoms. The largest absolute Gasteiger partial charge is 0.497 e. The average molecular weight is 334 g/mol. The molecule has 2 aromatic rings. The fraction of sp³-hybridized carbons (Fsp3) is 0.286. The van der Waals surface area contributed by atoms with Crippen LogP contribution in [0, 0.1) is 0 Å². The number of methoxy groups -OCH3 is 2. The molecule has 0 aliphatic carbocycles. The standard InChI is InChI=1S/C14H14N4O4S/c1-21-9-3-8(4-10(5-9)22-2)18-12(19)6-11(13(18)20)23-14-15-7-16-17-14/h3-5,7,11H,6H2,1-2H3,(H,15,16,17)/t11-/m0/s1. The molecule has 1 aliphatic rings. The van der Waals surface area contributed by atoms with Gasteiger partial charge in [-0.15, -0.1) is 0 Å². The van der Waals surface area contributed by atoms with Gasteiger partial charge in [0.1, 0.15) is 23.1 Å². The summed E-state index contributed by atoms with van der Waals surface area (Å²) in [5, 5.41) is 6.37. The van der Waals surface area contributed by atoms with Crippen LogP contribution in [0.2, 0.25) is 0 Å². The molecule has 0 radical (unpaired) electrons. The van der Waals surface area contributed by atoms with Crippen molar-refractivity contribution >= 4 is 29.3 Å². The average Bonchev–Trinajstić information content (AvgIpc) is 3.15. The predicted octanol–water partition coefficient (Wildman–Crippen LogP) is 1.25. The molecule has 1 N–H and O–H groups in total. The second kappa shape index (κ2) is 6.29. The molecule has 1 aromatic carbocycles. The third-order valence-corrected chi connectivity index (χ3v) is 4.42. The molecule has 0 saturated carbocycles. The first kappa shape index (κ1) is 15.3. The molecule has 1 aromatic heterocycles. The lowest BCUT2D eigenvalue weighted by molar-refractivity contribution is -0.121. The van der Waals surface area contributed by atoms with Gasteiger partial charge in [0.15, 0.2) is 5.16 Å². The Morgan fingerprint density at radius 3 is 2.48 bits per heavy atom. The van der Waals surface area contributed by atoms with Crippen LogP contribution in [-0.2, 0) is 9.59 Å². The normalized spacial score (nSPS) is 17.7. The molecule has 1 aliphatic heterocycles. The van der Waals surface area contributed by atoms with E-state index < -0.39 is 5.25 Å². The number of aromatic nitrogens is 3. The first-order valence-corrected chi connectivity index (χ1v) is 7.62. The summed E-state index contributed by atoms with van der Waals surface area (Å²) in [7, 11) is 3.02. The highest BCUT2D eigenvalue weighted by atomic mass is 32.2. The third-order valence-electron chi connectivity index (χ3n) is 3.35. The number of nitrogens with zero attached hydrogens (tertiary/aromatic N) is 3. The van der Waals surface area contributed by atoms with Gasteiger partial charge >= 0.3 is 0 Å². The van der Waals surface area contributed by atoms with E-state index in [1.165, 1.54) is 32.3 Å². The number of hydrogen-bond acceptors (Lipinski definition) is 7. The Kier molecular flexibility index (Phi) is 4.20. The Morgan fingerprint density at radius 1 is 1.22 bits per heavy atom. The van der Waals surface area contributed by atoms with Crippen LogP contribution < -0.4 is 14.4 Å². The topological polar surface area (TPSA) is 97.4 Å². The van der Waals surface area contributed by atoms with Gasteiger partial charge in [-0.2, -0.15) is 5.10 Å². The number of rotatable bonds is 5. The van der Waals surface area contributed by atoms with Gasteiger partial charge in [-0.3, -0.25) is 14.7 Å². The molecule has 0 bridgehead atoms. The zero-order valence-electron chi connectivity index (χ0n) is 12.5. The number of thioether (sulfide) groups is 1. The maximum Gasteiger partial charge on any atom is 0.247 e. The van der Waals surface area contributed by atoms with Gasteiger partial charge in [-0.25, -0.2) is 9.88 Å². The Hall–Kier alpha value is -2.55. The molecule has 0 unspecified atom stereocenters. The summed E-state index contributed by atoms with van der Waals surface area (Å²) in [6.07, 6.45) is 1.46. The van der Waals surface area contributed by atoms with E-state index in [4.69, 9.17) is 9.47 Å². The number of hydrogen-bond donors (Lipinski definition) is 1. The number of imide groups is 1. The van der Waals surface area contributed by atoms with Crippen molar-refractivity contribution < 1.29 is 19.1 Å². The van der Waals surface area contributed by atoms with Gasteiger partial charge in [0, 0.05) is 24.6 Å². The maximum atomic E-state index is 12.6. The van der Waals surface area contributed by atoms with Crippen LogP contribution in [0.15, 0.2) is 29.7 Å². The summed E-state index contributed by atoms with van der Waals surface area (Å²) in [6, 6.07) is 4.93. The zero-order chi connectivity index (χ0) is 16.4. The van der Waals surface area contributed by atoms with Crippen molar-refractivity contribution in [2.75, 3.05) is 19.1 Å². The van der Waals surface area contributed by atoms with Gasteiger partial charge in [-0.05, 0) is 0 Å². The van der Waals surface area contributed by atoms with Crippen molar-refractivity contribution in [2.45, 2.75) is 16.8 Å². The van der Waals surface area contributed by atoms with E-state index in [9.17, 15) is 9.59 Å². The van der Waals surface area contributed by atoms with E-state index in [2.05, 4.69) is 15.2 Å². The number of amides is 2. The monoisotopic (exact) mass is 334 g/mol. The van der Waals surface area contributed by atoms with E-state index in [1.54, 1.807) is 18.2 Å². The molecular formula is C14H14N4O4S. The van der Waals surface area contributed by atoms with Gasteiger partial charge < -0.3 is 9.47 Å². The Bertz CT molecular complexity index is 712. The molecule has 8 nitrogen and oxygen atoms in total. The van der Waals surface area contributed by atoms with E-state index in [1.807, 2.05) is 0 Å². The molecule has 9 heteroatoms. The number of benzene rings is 1. The van der Waals surface area contributed by atoms with Crippen LogP contribution in [-0.4, -0.2) is 46.5 Å². The van der Waals surface area contributed by atoms with Crippen LogP contribution >= 0.6 is 11.8 Å². The number of carbonyl (C=O) groups is 2. The minimum absolute atomic E-state index is 0.101. The molecule has 120 valence electrons. The number of carbonyl (C=O) groups excluding carboxylic acids is 2. The van der Waals surface area contributed by atoms with Crippen molar-refractivity contribution in [3.05, 3.63) is 24.5 Å². The highest BCUT2D eigenvalue weighted by Crippen LogP contribution is 2.35. The number of anilines is 1. The SMILES string of the molecule is COc1cc(OC)cc(N2C(=O)C[C@H](Sc3ncn[nH]3)C2=O)c1. The summed E-state index contributed by atoms with van der Waals surface area (Å²) in [4.78, 5) is 30.0. The van der Waals surface area contributed by atoms with Crippen LogP contribution in [0.5, 0.6) is 11.5 Å². The molecule has 1 saturated heterocycles. The number of aromatic amines is 1. The van der Waals surface area contributed by atoms with Crippen LogP contribution in [0.4, 0.5) is 5.69 Å². The van der Waals surface area contributed by atoms with Crippen molar-refractivity contribution in [1.82, 2.24) is 15.2 Å². The van der Waals surface area contributed by atoms with E-state index in [0.29, 0.717) is 22.3 Å². The van der Waals surface area contributed by atoms with Crippen molar-refractivity contribution in [3.63, 3.8) is 0 Å². The first-order valence-electron chi connectivity index (χ1n) is 6.74. The quantitative estimate of drug-likeness (QED) is 0.822. The van der Waals surface area contributed by atoms with Gasteiger partial charge in [0.05, 0.1) is 19.9 Å². The Morgan fingerprint density at radius 2 is 1.91 bits per heavy atom. The lowest BCUT2D eigenvalue weighted by atomic mass is 10.2.